The van der Waals surface area contributed by atoms with Crippen molar-refractivity contribution in [2.45, 2.75) is 39.4 Å². The lowest BCUT2D eigenvalue weighted by atomic mass is 10.1. The van der Waals surface area contributed by atoms with Crippen LogP contribution in [0.5, 0.6) is 11.5 Å². The highest BCUT2D eigenvalue weighted by Crippen LogP contribution is 2.28. The Morgan fingerprint density at radius 3 is 2.56 bits per heavy atom. The van der Waals surface area contributed by atoms with Crippen molar-refractivity contribution >= 4 is 5.91 Å². The van der Waals surface area contributed by atoms with Gasteiger partial charge in [0, 0.05) is 24.8 Å². The minimum atomic E-state index is -0.524. The van der Waals surface area contributed by atoms with E-state index < -0.39 is 5.91 Å². The molecular weight excluding hydrogens is 320 g/mol. The fourth-order valence-corrected chi connectivity index (χ4v) is 2.26. The van der Waals surface area contributed by atoms with E-state index in [1.54, 1.807) is 13.2 Å². The summed E-state index contributed by atoms with van der Waals surface area (Å²) >= 11 is 0. The molecule has 0 spiro atoms. The zero-order valence-electron chi connectivity index (χ0n) is 15.2. The van der Waals surface area contributed by atoms with E-state index in [1.807, 2.05) is 29.2 Å². The lowest BCUT2D eigenvalue weighted by Crippen LogP contribution is -2.22. The average molecular weight is 346 g/mol. The van der Waals surface area contributed by atoms with Crippen LogP contribution in [0.25, 0.3) is 0 Å². The van der Waals surface area contributed by atoms with Crippen molar-refractivity contribution in [3.63, 3.8) is 0 Å². The van der Waals surface area contributed by atoms with Crippen molar-refractivity contribution in [2.75, 3.05) is 13.7 Å². The zero-order chi connectivity index (χ0) is 18.4. The SMILES string of the molecule is COc1cc(CNCc2cnn(C(C)(C)C)c2)ccc1OCC(N)=O. The van der Waals surface area contributed by atoms with Gasteiger partial charge in [0.2, 0.25) is 0 Å². The summed E-state index contributed by atoms with van der Waals surface area (Å²) < 4.78 is 12.6. The summed E-state index contributed by atoms with van der Waals surface area (Å²) in [6.07, 6.45) is 3.92. The summed E-state index contributed by atoms with van der Waals surface area (Å²) in [6.45, 7) is 7.57. The number of benzene rings is 1. The maximum Gasteiger partial charge on any atom is 0.255 e. The van der Waals surface area contributed by atoms with Gasteiger partial charge in [-0.15, -0.1) is 0 Å². The van der Waals surface area contributed by atoms with E-state index in [1.165, 1.54) is 0 Å². The predicted octanol–water partition coefficient (Wildman–Crippen LogP) is 1.80. The van der Waals surface area contributed by atoms with Crippen molar-refractivity contribution in [2.24, 2.45) is 5.73 Å². The predicted molar refractivity (Wildman–Crippen MR) is 95.5 cm³/mol. The summed E-state index contributed by atoms with van der Waals surface area (Å²) in [6, 6.07) is 5.57. The van der Waals surface area contributed by atoms with Gasteiger partial charge in [0.05, 0.1) is 18.8 Å². The molecule has 0 atom stereocenters. The molecule has 1 amide bonds. The maximum absolute atomic E-state index is 10.8. The van der Waals surface area contributed by atoms with E-state index >= 15 is 0 Å². The van der Waals surface area contributed by atoms with Gasteiger partial charge in [0.1, 0.15) is 0 Å². The average Bonchev–Trinajstić information content (AvgIpc) is 3.02. The van der Waals surface area contributed by atoms with Crippen molar-refractivity contribution in [3.05, 3.63) is 41.7 Å². The minimum absolute atomic E-state index is 0.0215. The number of primary amides is 1. The molecule has 3 N–H and O–H groups in total. The van der Waals surface area contributed by atoms with Crippen molar-refractivity contribution in [1.29, 1.82) is 0 Å². The van der Waals surface area contributed by atoms with Crippen LogP contribution in [-0.4, -0.2) is 29.4 Å². The van der Waals surface area contributed by atoms with Gasteiger partial charge < -0.3 is 20.5 Å². The van der Waals surface area contributed by atoms with Crippen LogP contribution in [0.4, 0.5) is 0 Å². The molecule has 7 nitrogen and oxygen atoms in total. The van der Waals surface area contributed by atoms with E-state index in [0.717, 1.165) is 17.7 Å². The van der Waals surface area contributed by atoms with Crippen LogP contribution in [-0.2, 0) is 23.4 Å². The number of hydrogen-bond donors (Lipinski definition) is 2. The van der Waals surface area contributed by atoms with Crippen molar-refractivity contribution < 1.29 is 14.3 Å². The van der Waals surface area contributed by atoms with Gasteiger partial charge in [-0.05, 0) is 38.5 Å². The second kappa shape index (κ2) is 8.02. The molecular formula is C18H26N4O3. The molecule has 0 aliphatic heterocycles. The number of amides is 1. The molecule has 0 bridgehead atoms. The molecule has 25 heavy (non-hydrogen) atoms. The maximum atomic E-state index is 10.8. The number of aromatic nitrogens is 2. The van der Waals surface area contributed by atoms with Crippen LogP contribution in [0.15, 0.2) is 30.6 Å². The Kier molecular flexibility index (Phi) is 6.03. The molecule has 136 valence electrons. The zero-order valence-corrected chi connectivity index (χ0v) is 15.2. The number of hydrogen-bond acceptors (Lipinski definition) is 5. The third-order valence-electron chi connectivity index (χ3n) is 3.58. The number of ether oxygens (including phenoxy) is 2. The van der Waals surface area contributed by atoms with Crippen LogP contribution in [0, 0.1) is 0 Å². The lowest BCUT2D eigenvalue weighted by molar-refractivity contribution is -0.119. The first-order chi connectivity index (χ1) is 11.8. The summed E-state index contributed by atoms with van der Waals surface area (Å²) in [5, 5.41) is 7.77. The standard InChI is InChI=1S/C18H26N4O3/c1-18(2,3)22-11-14(10-21-22)9-20-8-13-5-6-15(16(7-13)24-4)25-12-17(19)23/h5-7,10-11,20H,8-9,12H2,1-4H3,(H2,19,23). The van der Waals surface area contributed by atoms with Gasteiger partial charge in [-0.1, -0.05) is 6.07 Å². The molecule has 2 aromatic rings. The molecule has 1 aromatic heterocycles. The van der Waals surface area contributed by atoms with Crippen molar-refractivity contribution in [1.82, 2.24) is 15.1 Å². The number of nitrogens with one attached hydrogen (secondary N) is 1. The molecule has 1 heterocycles. The minimum Gasteiger partial charge on any atom is -0.493 e. The summed E-state index contributed by atoms with van der Waals surface area (Å²) in [5.41, 5.74) is 7.24. The van der Waals surface area contributed by atoms with Crippen LogP contribution in [0.2, 0.25) is 0 Å². The first-order valence-corrected chi connectivity index (χ1v) is 8.12. The van der Waals surface area contributed by atoms with E-state index in [4.69, 9.17) is 15.2 Å². The number of carbonyl (C=O) groups excluding carboxylic acids is 1. The molecule has 0 saturated carbocycles. The fraction of sp³-hybridized carbons (Fsp3) is 0.444. The smallest absolute Gasteiger partial charge is 0.255 e. The largest absolute Gasteiger partial charge is 0.493 e. The molecule has 0 radical (unpaired) electrons. The number of methoxy groups -OCH3 is 1. The Morgan fingerprint density at radius 2 is 1.96 bits per heavy atom. The molecule has 0 aliphatic carbocycles. The van der Waals surface area contributed by atoms with Crippen LogP contribution in [0.1, 0.15) is 31.9 Å². The topological polar surface area (TPSA) is 91.4 Å². The van der Waals surface area contributed by atoms with Crippen LogP contribution < -0.4 is 20.5 Å². The Morgan fingerprint density at radius 1 is 1.24 bits per heavy atom. The highest BCUT2D eigenvalue weighted by Gasteiger charge is 2.13. The molecule has 1 aromatic carbocycles. The molecule has 2 rings (SSSR count). The van der Waals surface area contributed by atoms with E-state index in [9.17, 15) is 4.79 Å². The van der Waals surface area contributed by atoms with Gasteiger partial charge >= 0.3 is 0 Å². The summed E-state index contributed by atoms with van der Waals surface area (Å²) in [5.74, 6) is 0.543. The van der Waals surface area contributed by atoms with Crippen LogP contribution >= 0.6 is 0 Å². The Balaban J connectivity index is 1.92. The molecule has 0 saturated heterocycles. The van der Waals surface area contributed by atoms with E-state index in [0.29, 0.717) is 18.0 Å². The quantitative estimate of drug-likeness (QED) is 0.760. The number of rotatable bonds is 8. The van der Waals surface area contributed by atoms with Gasteiger partial charge in [0.15, 0.2) is 18.1 Å². The Labute approximate surface area is 148 Å². The van der Waals surface area contributed by atoms with Crippen LogP contribution in [0.3, 0.4) is 0 Å². The Bertz CT molecular complexity index is 719. The third-order valence-corrected chi connectivity index (χ3v) is 3.58. The third kappa shape index (κ3) is 5.49. The summed E-state index contributed by atoms with van der Waals surface area (Å²) in [4.78, 5) is 10.8. The molecule has 0 unspecified atom stereocenters. The van der Waals surface area contributed by atoms with Crippen molar-refractivity contribution in [3.8, 4) is 11.5 Å². The Hall–Kier alpha value is -2.54. The lowest BCUT2D eigenvalue weighted by Gasteiger charge is -2.18. The second-order valence-electron chi connectivity index (χ2n) is 6.81. The first-order valence-electron chi connectivity index (χ1n) is 8.12. The van der Waals surface area contributed by atoms with Gasteiger partial charge in [-0.3, -0.25) is 9.48 Å². The summed E-state index contributed by atoms with van der Waals surface area (Å²) in [7, 11) is 1.56. The van der Waals surface area contributed by atoms with Gasteiger partial charge in [0.25, 0.3) is 5.91 Å². The number of nitrogens with zero attached hydrogens (tertiary/aromatic N) is 2. The van der Waals surface area contributed by atoms with E-state index in [-0.39, 0.29) is 12.1 Å². The molecule has 0 aliphatic rings. The van der Waals surface area contributed by atoms with Gasteiger partial charge in [-0.25, -0.2) is 0 Å². The highest BCUT2D eigenvalue weighted by molar-refractivity contribution is 5.75. The molecule has 0 fully saturated rings. The number of carbonyl (C=O) groups is 1. The first kappa shape index (κ1) is 18.8. The normalized spacial score (nSPS) is 11.4. The number of nitrogens with two attached hydrogens (primary N) is 1. The fourth-order valence-electron chi connectivity index (χ4n) is 2.26. The highest BCUT2D eigenvalue weighted by atomic mass is 16.5. The second-order valence-corrected chi connectivity index (χ2v) is 6.81. The molecule has 7 heteroatoms. The van der Waals surface area contributed by atoms with E-state index in [2.05, 4.69) is 31.2 Å². The van der Waals surface area contributed by atoms with Gasteiger partial charge in [-0.2, -0.15) is 5.10 Å². The monoisotopic (exact) mass is 346 g/mol.